The maximum atomic E-state index is 13.1. The number of alkyl halides is 3. The van der Waals surface area contributed by atoms with Gasteiger partial charge in [-0.1, -0.05) is 12.1 Å². The number of nitrogens with zero attached hydrogens (tertiary/aromatic N) is 4. The number of carbonyl (C=O) groups is 1. The molecule has 0 radical (unpaired) electrons. The van der Waals surface area contributed by atoms with Crippen LogP contribution in [0.4, 0.5) is 30.6 Å². The van der Waals surface area contributed by atoms with E-state index in [-0.39, 0.29) is 17.8 Å². The third-order valence-corrected chi connectivity index (χ3v) is 7.06. The average molecular weight is 577 g/mol. The van der Waals surface area contributed by atoms with Crippen LogP contribution in [0.3, 0.4) is 0 Å². The molecule has 1 aliphatic heterocycles. The van der Waals surface area contributed by atoms with Gasteiger partial charge in [-0.15, -0.1) is 0 Å². The molecule has 11 heteroatoms. The highest BCUT2D eigenvalue weighted by atomic mass is 19.4. The van der Waals surface area contributed by atoms with Gasteiger partial charge in [-0.2, -0.15) is 13.2 Å². The summed E-state index contributed by atoms with van der Waals surface area (Å²) in [4.78, 5) is 27.8. The van der Waals surface area contributed by atoms with Gasteiger partial charge in [0.1, 0.15) is 23.2 Å². The number of amides is 1. The second-order valence-electron chi connectivity index (χ2n) is 10.2. The van der Waals surface area contributed by atoms with Gasteiger partial charge in [0.05, 0.1) is 24.8 Å². The number of ether oxygens (including phenoxy) is 1. The van der Waals surface area contributed by atoms with Crippen LogP contribution in [-0.2, 0) is 17.4 Å². The number of aromatic nitrogens is 3. The van der Waals surface area contributed by atoms with Crippen LogP contribution in [0.2, 0.25) is 0 Å². The minimum atomic E-state index is -4.46. The Labute approximate surface area is 242 Å². The SMILES string of the molecule is COc1cccc(CC(=O)N2CCC(Nc3ccc(-c4cc(C)cc(Nc5cc(C(F)(F)F)ccn5)n4)cn3)CC2)c1. The lowest BCUT2D eigenvalue weighted by atomic mass is 10.0. The van der Waals surface area contributed by atoms with Crippen LogP contribution >= 0.6 is 0 Å². The number of benzene rings is 1. The van der Waals surface area contributed by atoms with Crippen molar-refractivity contribution in [2.45, 2.75) is 38.4 Å². The summed E-state index contributed by atoms with van der Waals surface area (Å²) < 4.78 is 44.5. The van der Waals surface area contributed by atoms with Gasteiger partial charge in [0.2, 0.25) is 5.91 Å². The normalized spacial score (nSPS) is 14.0. The van der Waals surface area contributed by atoms with Crippen LogP contribution < -0.4 is 15.4 Å². The van der Waals surface area contributed by atoms with E-state index in [1.807, 2.05) is 54.3 Å². The maximum absolute atomic E-state index is 13.1. The monoisotopic (exact) mass is 576 g/mol. The van der Waals surface area contributed by atoms with Gasteiger partial charge in [0, 0.05) is 37.1 Å². The van der Waals surface area contributed by atoms with Gasteiger partial charge < -0.3 is 20.3 Å². The summed E-state index contributed by atoms with van der Waals surface area (Å²) in [6, 6.07) is 17.0. The zero-order valence-corrected chi connectivity index (χ0v) is 23.3. The van der Waals surface area contributed by atoms with Gasteiger partial charge in [-0.05, 0) is 79.4 Å². The zero-order valence-electron chi connectivity index (χ0n) is 23.3. The van der Waals surface area contributed by atoms with Crippen LogP contribution in [0.25, 0.3) is 11.3 Å². The van der Waals surface area contributed by atoms with Crippen molar-refractivity contribution < 1.29 is 22.7 Å². The predicted molar refractivity (Wildman–Crippen MR) is 155 cm³/mol. The van der Waals surface area contributed by atoms with E-state index < -0.39 is 11.7 Å². The smallest absolute Gasteiger partial charge is 0.416 e. The van der Waals surface area contributed by atoms with Crippen molar-refractivity contribution in [2.24, 2.45) is 0 Å². The third kappa shape index (κ3) is 7.34. The van der Waals surface area contributed by atoms with E-state index in [1.54, 1.807) is 19.4 Å². The number of carbonyl (C=O) groups excluding carboxylic acids is 1. The van der Waals surface area contributed by atoms with Crippen molar-refractivity contribution in [1.82, 2.24) is 19.9 Å². The molecule has 1 aliphatic rings. The van der Waals surface area contributed by atoms with E-state index in [0.717, 1.165) is 59.4 Å². The Hall–Kier alpha value is -4.67. The molecular formula is C31H31F3N6O2. The largest absolute Gasteiger partial charge is 0.497 e. The Kier molecular flexibility index (Phi) is 8.56. The first-order valence-electron chi connectivity index (χ1n) is 13.6. The highest BCUT2D eigenvalue weighted by Gasteiger charge is 2.30. The highest BCUT2D eigenvalue weighted by Crippen LogP contribution is 2.31. The van der Waals surface area contributed by atoms with Crippen molar-refractivity contribution in [3.8, 4) is 17.0 Å². The molecule has 8 nitrogen and oxygen atoms in total. The number of pyridine rings is 3. The zero-order chi connectivity index (χ0) is 29.7. The molecule has 2 N–H and O–H groups in total. The van der Waals surface area contributed by atoms with E-state index >= 15 is 0 Å². The van der Waals surface area contributed by atoms with Gasteiger partial charge in [0.25, 0.3) is 0 Å². The number of piperidine rings is 1. The molecular weight excluding hydrogens is 545 g/mol. The first kappa shape index (κ1) is 28.8. The molecule has 0 bridgehead atoms. The van der Waals surface area contributed by atoms with E-state index in [4.69, 9.17) is 4.74 Å². The maximum Gasteiger partial charge on any atom is 0.416 e. The topological polar surface area (TPSA) is 92.3 Å². The highest BCUT2D eigenvalue weighted by molar-refractivity contribution is 5.79. The fourth-order valence-electron chi connectivity index (χ4n) is 4.87. The fourth-order valence-corrected chi connectivity index (χ4v) is 4.87. The van der Waals surface area contributed by atoms with E-state index in [2.05, 4.69) is 25.6 Å². The van der Waals surface area contributed by atoms with Gasteiger partial charge in [-0.3, -0.25) is 4.79 Å². The van der Waals surface area contributed by atoms with Crippen molar-refractivity contribution >= 4 is 23.4 Å². The molecule has 1 saturated heterocycles. The number of hydrogen-bond acceptors (Lipinski definition) is 7. The van der Waals surface area contributed by atoms with Crippen LogP contribution in [-0.4, -0.2) is 52.0 Å². The Morgan fingerprint density at radius 1 is 1.00 bits per heavy atom. The minimum Gasteiger partial charge on any atom is -0.497 e. The predicted octanol–water partition coefficient (Wildman–Crippen LogP) is 6.26. The Bertz CT molecular complexity index is 1540. The van der Waals surface area contributed by atoms with Crippen LogP contribution in [0.15, 0.2) is 73.1 Å². The van der Waals surface area contributed by atoms with Crippen LogP contribution in [0, 0.1) is 6.92 Å². The number of likely N-dealkylation sites (tertiary alicyclic amines) is 1. The summed E-state index contributed by atoms with van der Waals surface area (Å²) in [7, 11) is 1.61. The number of nitrogens with one attached hydrogen (secondary N) is 2. The Balaban J connectivity index is 1.17. The third-order valence-electron chi connectivity index (χ3n) is 7.06. The summed E-state index contributed by atoms with van der Waals surface area (Å²) in [5, 5.41) is 6.33. The lowest BCUT2D eigenvalue weighted by Crippen LogP contribution is -2.43. The lowest BCUT2D eigenvalue weighted by molar-refractivity contribution is -0.137. The van der Waals surface area contributed by atoms with Gasteiger partial charge in [0.15, 0.2) is 0 Å². The van der Waals surface area contributed by atoms with Crippen LogP contribution in [0.1, 0.15) is 29.5 Å². The summed E-state index contributed by atoms with van der Waals surface area (Å²) in [6.07, 6.45) is 0.332. The van der Waals surface area contributed by atoms with Crippen molar-refractivity contribution in [2.75, 3.05) is 30.8 Å². The second kappa shape index (κ2) is 12.5. The molecule has 0 atom stereocenters. The molecule has 0 spiro atoms. The molecule has 0 saturated carbocycles. The molecule has 42 heavy (non-hydrogen) atoms. The van der Waals surface area contributed by atoms with E-state index in [0.29, 0.717) is 31.0 Å². The summed E-state index contributed by atoms with van der Waals surface area (Å²) in [6.45, 7) is 3.22. The molecule has 218 valence electrons. The molecule has 0 unspecified atom stereocenters. The number of hydrogen-bond donors (Lipinski definition) is 2. The van der Waals surface area contributed by atoms with E-state index in [1.165, 1.54) is 0 Å². The quantitative estimate of drug-likeness (QED) is 0.256. The summed E-state index contributed by atoms with van der Waals surface area (Å²) in [5.74, 6) is 2.00. The first-order chi connectivity index (χ1) is 20.2. The van der Waals surface area contributed by atoms with Crippen molar-refractivity contribution in [3.63, 3.8) is 0 Å². The standard InChI is InChI=1S/C31H31F3N6O2/c1-20-14-26(38-29(15-20)39-28-18-23(8-11-35-28)31(32,33)34)22-6-7-27(36-19-22)37-24-9-12-40(13-10-24)30(41)17-21-4-3-5-25(16-21)42-2/h3-8,11,14-16,18-19,24H,9-10,12-13,17H2,1-2H3,(H,36,37)(H,35,38,39). The van der Waals surface area contributed by atoms with E-state index in [9.17, 15) is 18.0 Å². The Morgan fingerprint density at radius 3 is 2.52 bits per heavy atom. The number of aryl methyl sites for hydroxylation is 1. The minimum absolute atomic E-state index is 0.0552. The molecule has 0 aliphatic carbocycles. The van der Waals surface area contributed by atoms with Crippen molar-refractivity contribution in [3.05, 3.63) is 89.7 Å². The second-order valence-corrected chi connectivity index (χ2v) is 10.2. The first-order valence-corrected chi connectivity index (χ1v) is 13.6. The van der Waals surface area contributed by atoms with Crippen LogP contribution in [0.5, 0.6) is 5.75 Å². The number of halogens is 3. The molecule has 1 amide bonds. The molecule has 1 fully saturated rings. The number of rotatable bonds is 8. The summed E-state index contributed by atoms with van der Waals surface area (Å²) in [5.41, 5.74) is 2.42. The molecule has 4 heterocycles. The van der Waals surface area contributed by atoms with Gasteiger partial charge >= 0.3 is 6.18 Å². The van der Waals surface area contributed by atoms with Crippen molar-refractivity contribution in [1.29, 1.82) is 0 Å². The molecule has 1 aromatic carbocycles. The number of anilines is 3. The van der Waals surface area contributed by atoms with Gasteiger partial charge in [-0.25, -0.2) is 15.0 Å². The average Bonchev–Trinajstić information content (AvgIpc) is 2.97. The fraction of sp³-hybridized carbons (Fsp3) is 0.290. The lowest BCUT2D eigenvalue weighted by Gasteiger charge is -2.32. The number of methoxy groups -OCH3 is 1. The Morgan fingerprint density at radius 2 is 1.81 bits per heavy atom. The molecule has 4 aromatic rings. The molecule has 5 rings (SSSR count). The molecule has 3 aromatic heterocycles. The summed E-state index contributed by atoms with van der Waals surface area (Å²) >= 11 is 0.